The molecule has 1 fully saturated rings. The van der Waals surface area contributed by atoms with Crippen molar-refractivity contribution in [2.24, 2.45) is 5.84 Å². The average molecular weight is 214 g/mol. The molecule has 0 bridgehead atoms. The monoisotopic (exact) mass is 214 g/mol. The highest BCUT2D eigenvalue weighted by Gasteiger charge is 2.37. The van der Waals surface area contributed by atoms with Crippen molar-refractivity contribution in [2.45, 2.75) is 25.8 Å². The molecular formula is C8H14N4O3. The fraction of sp³-hybridized carbons (Fsp3) is 0.625. The van der Waals surface area contributed by atoms with Crippen LogP contribution in [0.3, 0.4) is 0 Å². The second-order valence-corrected chi connectivity index (χ2v) is 3.28. The zero-order chi connectivity index (χ0) is 11.4. The second kappa shape index (κ2) is 4.74. The van der Waals surface area contributed by atoms with E-state index in [0.29, 0.717) is 6.42 Å². The Balaban J connectivity index is 2.62. The molecule has 84 valence electrons. The molecule has 1 rings (SSSR count). The Labute approximate surface area is 86.9 Å². The number of hydrogen-bond acceptors (Lipinski definition) is 4. The Bertz CT molecular complexity index is 292. The van der Waals surface area contributed by atoms with Crippen LogP contribution in [0.4, 0.5) is 4.79 Å². The first-order valence-corrected chi connectivity index (χ1v) is 4.71. The maximum Gasteiger partial charge on any atom is 0.325 e. The highest BCUT2D eigenvalue weighted by molar-refractivity contribution is 6.06. The third kappa shape index (κ3) is 2.44. The van der Waals surface area contributed by atoms with E-state index in [0.717, 1.165) is 11.3 Å². The van der Waals surface area contributed by atoms with Gasteiger partial charge in [0.05, 0.1) is 0 Å². The summed E-state index contributed by atoms with van der Waals surface area (Å²) in [6, 6.07) is -1.05. The molecule has 0 aromatic rings. The summed E-state index contributed by atoms with van der Waals surface area (Å²) < 4.78 is 0. The normalized spacial score (nSPS) is 20.4. The van der Waals surface area contributed by atoms with Crippen LogP contribution in [0.25, 0.3) is 0 Å². The van der Waals surface area contributed by atoms with Gasteiger partial charge in [-0.3, -0.25) is 19.9 Å². The number of hydrogen-bond donors (Lipinski definition) is 3. The van der Waals surface area contributed by atoms with Gasteiger partial charge in [0.15, 0.2) is 0 Å². The lowest BCUT2D eigenvalue weighted by Gasteiger charge is -2.10. The van der Waals surface area contributed by atoms with E-state index in [-0.39, 0.29) is 12.5 Å². The van der Waals surface area contributed by atoms with E-state index in [1.165, 1.54) is 0 Å². The highest BCUT2D eigenvalue weighted by atomic mass is 16.2. The Morgan fingerprint density at radius 3 is 2.80 bits per heavy atom. The van der Waals surface area contributed by atoms with Crippen LogP contribution in [0.5, 0.6) is 0 Å². The summed E-state index contributed by atoms with van der Waals surface area (Å²) in [6.45, 7) is 1.58. The smallest absolute Gasteiger partial charge is 0.325 e. The van der Waals surface area contributed by atoms with Gasteiger partial charge in [-0.15, -0.1) is 0 Å². The molecule has 7 nitrogen and oxygen atoms in total. The van der Waals surface area contributed by atoms with Crippen molar-refractivity contribution >= 4 is 17.8 Å². The Kier molecular flexibility index (Phi) is 3.62. The van der Waals surface area contributed by atoms with Crippen LogP contribution in [-0.2, 0) is 9.59 Å². The maximum atomic E-state index is 11.6. The summed E-state index contributed by atoms with van der Waals surface area (Å²) in [7, 11) is 0. The maximum absolute atomic E-state index is 11.6. The second-order valence-electron chi connectivity index (χ2n) is 3.28. The van der Waals surface area contributed by atoms with Gasteiger partial charge in [-0.2, -0.15) is 0 Å². The van der Waals surface area contributed by atoms with Gasteiger partial charge in [0.1, 0.15) is 12.6 Å². The van der Waals surface area contributed by atoms with Gasteiger partial charge in [-0.25, -0.2) is 10.6 Å². The number of urea groups is 1. The fourth-order valence-electron chi connectivity index (χ4n) is 1.40. The number of nitrogens with zero attached hydrogens (tertiary/aromatic N) is 1. The Hall–Kier alpha value is -1.63. The number of nitrogens with one attached hydrogen (secondary N) is 2. The predicted octanol–water partition coefficient (Wildman–Crippen LogP) is -1.30. The first kappa shape index (κ1) is 11.4. The molecule has 4 amide bonds. The number of imide groups is 1. The van der Waals surface area contributed by atoms with Gasteiger partial charge in [-0.1, -0.05) is 13.3 Å². The lowest BCUT2D eigenvalue weighted by atomic mass is 10.2. The van der Waals surface area contributed by atoms with Gasteiger partial charge >= 0.3 is 6.03 Å². The molecule has 0 aromatic carbocycles. The number of carbonyl (C=O) groups is 3. The van der Waals surface area contributed by atoms with E-state index >= 15 is 0 Å². The first-order chi connectivity index (χ1) is 7.10. The molecule has 1 aliphatic rings. The van der Waals surface area contributed by atoms with E-state index in [1.54, 1.807) is 0 Å². The molecule has 1 unspecified atom stereocenters. The third-order valence-corrected chi connectivity index (χ3v) is 2.15. The molecule has 0 saturated carbocycles. The molecule has 0 spiro atoms. The van der Waals surface area contributed by atoms with Gasteiger partial charge in [0.2, 0.25) is 0 Å². The molecule has 0 aromatic heterocycles. The largest absolute Gasteiger partial charge is 0.326 e. The number of carbonyl (C=O) groups excluding carboxylic acids is 3. The number of rotatable bonds is 4. The van der Waals surface area contributed by atoms with Crippen LogP contribution < -0.4 is 16.6 Å². The van der Waals surface area contributed by atoms with Gasteiger partial charge < -0.3 is 5.32 Å². The minimum atomic E-state index is -0.573. The molecular weight excluding hydrogens is 200 g/mol. The molecule has 4 N–H and O–H groups in total. The number of nitrogens with two attached hydrogens (primary N) is 1. The summed E-state index contributed by atoms with van der Waals surface area (Å²) in [4.78, 5) is 34.7. The minimum Gasteiger partial charge on any atom is -0.326 e. The van der Waals surface area contributed by atoms with Crippen LogP contribution >= 0.6 is 0 Å². The Morgan fingerprint density at radius 1 is 1.60 bits per heavy atom. The highest BCUT2D eigenvalue weighted by Crippen LogP contribution is 2.10. The van der Waals surface area contributed by atoms with Crippen LogP contribution in [0, 0.1) is 0 Å². The summed E-state index contributed by atoms with van der Waals surface area (Å²) in [5.74, 6) is 3.92. The van der Waals surface area contributed by atoms with E-state index in [9.17, 15) is 14.4 Å². The Morgan fingerprint density at radius 2 is 2.27 bits per heavy atom. The number of amides is 4. The third-order valence-electron chi connectivity index (χ3n) is 2.15. The number of hydrazine groups is 1. The van der Waals surface area contributed by atoms with Crippen LogP contribution in [0.2, 0.25) is 0 Å². The quantitative estimate of drug-likeness (QED) is 0.234. The van der Waals surface area contributed by atoms with Crippen LogP contribution in [0.1, 0.15) is 19.8 Å². The lowest BCUT2D eigenvalue weighted by Crippen LogP contribution is -2.43. The summed E-state index contributed by atoms with van der Waals surface area (Å²) >= 11 is 0. The van der Waals surface area contributed by atoms with Gasteiger partial charge in [0.25, 0.3) is 11.8 Å². The van der Waals surface area contributed by atoms with E-state index in [4.69, 9.17) is 5.84 Å². The van der Waals surface area contributed by atoms with Gasteiger partial charge in [0, 0.05) is 0 Å². The molecule has 0 aliphatic carbocycles. The summed E-state index contributed by atoms with van der Waals surface area (Å²) in [5.41, 5.74) is 1.87. The van der Waals surface area contributed by atoms with Crippen molar-refractivity contribution in [3.05, 3.63) is 0 Å². The van der Waals surface area contributed by atoms with E-state index < -0.39 is 18.0 Å². The molecule has 1 heterocycles. The van der Waals surface area contributed by atoms with Crippen molar-refractivity contribution in [1.82, 2.24) is 15.6 Å². The van der Waals surface area contributed by atoms with Crippen LogP contribution in [0.15, 0.2) is 0 Å². The van der Waals surface area contributed by atoms with Crippen molar-refractivity contribution < 1.29 is 14.4 Å². The zero-order valence-electron chi connectivity index (χ0n) is 8.45. The van der Waals surface area contributed by atoms with Crippen molar-refractivity contribution in [1.29, 1.82) is 0 Å². The van der Waals surface area contributed by atoms with E-state index in [1.807, 2.05) is 12.3 Å². The zero-order valence-corrected chi connectivity index (χ0v) is 8.45. The molecule has 0 radical (unpaired) electrons. The summed E-state index contributed by atoms with van der Waals surface area (Å²) in [5, 5.41) is 2.50. The van der Waals surface area contributed by atoms with E-state index in [2.05, 4.69) is 5.32 Å². The van der Waals surface area contributed by atoms with Crippen molar-refractivity contribution in [3.63, 3.8) is 0 Å². The standard InChI is InChI=1S/C8H14N4O3/c1-2-3-5-7(14)12(8(15)10-5)4-6(13)11-9/h5H,2-4,9H2,1H3,(H,10,15)(H,11,13). The SMILES string of the molecule is CCCC1NC(=O)N(CC(=O)NN)C1=O. The molecule has 1 aliphatic heterocycles. The molecule has 7 heteroatoms. The summed E-state index contributed by atoms with van der Waals surface area (Å²) in [6.07, 6.45) is 1.36. The van der Waals surface area contributed by atoms with Crippen molar-refractivity contribution in [3.8, 4) is 0 Å². The lowest BCUT2D eigenvalue weighted by molar-refractivity contribution is -0.132. The van der Waals surface area contributed by atoms with Crippen molar-refractivity contribution in [2.75, 3.05) is 6.54 Å². The first-order valence-electron chi connectivity index (χ1n) is 4.71. The average Bonchev–Trinajstić information content (AvgIpc) is 2.46. The molecule has 1 atom stereocenters. The topological polar surface area (TPSA) is 105 Å². The predicted molar refractivity (Wildman–Crippen MR) is 51.3 cm³/mol. The fourth-order valence-corrected chi connectivity index (χ4v) is 1.40. The van der Waals surface area contributed by atoms with Crippen LogP contribution in [-0.4, -0.2) is 35.3 Å². The molecule has 1 saturated heterocycles. The minimum absolute atomic E-state index is 0.332. The molecule has 15 heavy (non-hydrogen) atoms. The van der Waals surface area contributed by atoms with Gasteiger partial charge in [-0.05, 0) is 6.42 Å².